The normalized spacial score (nSPS) is 49.4. The summed E-state index contributed by atoms with van der Waals surface area (Å²) in [6.45, 7) is -1.51. The SMILES string of the molecule is CC(=O)N[C@H]1[C@H](O[C@H]2[C@H](O)[C@@H](NC(C)=O)C(O)O[C@@H]2CO[C@@H]2O[C@@H](C)[C@@H](O)[C@@H](O)[C@@H]2O)O[C@H](CO)[C@@H](O[C@@H]2O[C@H](CO)[C@@H](O)[C@H](O[C@H]3O[C@H](CO)[C@@H](O)[C@H](O)[C@@H]3O[C@@H]3O[C@H](CO)[C@@H](O[C@@H]4O[C@H](CO)[C@H](O)[C@H](O)[C@H]4O)[C@H](O)[C@H]3NC(C)=O)[C@@H]2O)[C@@H]1O. The standard InChI is InChI=1S/C48H81N3O35/c1-11-24(60)31(67)34(70)45(75-11)74-10-20-39(28(64)21(42(73)76-20)49-12(2)57)82-43-22(50-13(3)58)29(65)38(19(9-56)80-43)84-47-36(72)40(27(63)17(7-54)78-47)85-48-41(33(69)26(62)16(6-53)79-48)86-44-23(51-14(4)59)30(66)37(18(8-55)81-44)83-46-35(71)32(68)25(61)15(5-52)77-46/h11,15-48,52-56,60-73H,5-10H2,1-4H3,(H,49,57)(H,50,58)(H,51,59)/t11-,15+,16+,17+,18+,19+,20+,21+,22+,23+,24+,25-,26+,27+,28+,29+,30+,31+,32-,33-,34-,35+,36-,37+,38+,39+,40-,41-,42?,43-,44-,45+,46-,47-,48+/m0/s1. The molecule has 38 heteroatoms. The van der Waals surface area contributed by atoms with Crippen molar-refractivity contribution in [3.05, 3.63) is 0 Å². The van der Waals surface area contributed by atoms with Crippen LogP contribution in [-0.4, -0.2) is 369 Å². The number of aliphatic hydroxyl groups excluding tert-OH is 19. The first-order valence-electron chi connectivity index (χ1n) is 27.5. The van der Waals surface area contributed by atoms with E-state index in [0.717, 1.165) is 20.8 Å². The summed E-state index contributed by atoms with van der Waals surface area (Å²) < 4.78 is 75.5. The van der Waals surface area contributed by atoms with Crippen molar-refractivity contribution >= 4 is 17.7 Å². The van der Waals surface area contributed by atoms with Crippen LogP contribution < -0.4 is 16.0 Å². The molecule has 0 saturated carbocycles. The first-order chi connectivity index (χ1) is 40.6. The van der Waals surface area contributed by atoms with Crippen LogP contribution in [0.2, 0.25) is 0 Å². The molecule has 0 spiro atoms. The van der Waals surface area contributed by atoms with Gasteiger partial charge < -0.3 is 175 Å². The molecule has 0 aromatic rings. The number of rotatable bonds is 21. The first kappa shape index (κ1) is 70.6. The second kappa shape index (κ2) is 30.5. The minimum Gasteiger partial charge on any atom is -0.394 e. The van der Waals surface area contributed by atoms with Gasteiger partial charge in [-0.05, 0) is 6.92 Å². The topological polar surface area (TPSA) is 592 Å². The summed E-state index contributed by atoms with van der Waals surface area (Å²) >= 11 is 0. The third kappa shape index (κ3) is 15.4. The molecule has 0 aliphatic carbocycles. The Labute approximate surface area is 488 Å². The van der Waals surface area contributed by atoms with Crippen molar-refractivity contribution in [3.63, 3.8) is 0 Å². The van der Waals surface area contributed by atoms with Gasteiger partial charge in [0, 0.05) is 20.8 Å². The van der Waals surface area contributed by atoms with Crippen molar-refractivity contribution in [1.29, 1.82) is 0 Å². The Balaban J connectivity index is 1.12. The Morgan fingerprint density at radius 3 is 1.17 bits per heavy atom. The lowest BCUT2D eigenvalue weighted by molar-refractivity contribution is -0.395. The number of ether oxygens (including phenoxy) is 13. The number of hydrogen-bond acceptors (Lipinski definition) is 35. The number of carbonyl (C=O) groups is 3. The Bertz CT molecular complexity index is 2170. The Morgan fingerprint density at radius 2 is 0.686 bits per heavy atom. The average Bonchev–Trinajstić information content (AvgIpc) is 1.54. The predicted molar refractivity (Wildman–Crippen MR) is 265 cm³/mol. The minimum atomic E-state index is -2.32. The predicted octanol–water partition coefficient (Wildman–Crippen LogP) is -14.8. The van der Waals surface area contributed by atoms with Crippen LogP contribution in [0.1, 0.15) is 27.7 Å². The van der Waals surface area contributed by atoms with Gasteiger partial charge in [-0.3, -0.25) is 14.4 Å². The molecule has 0 aromatic heterocycles. The van der Waals surface area contributed by atoms with Crippen molar-refractivity contribution in [1.82, 2.24) is 16.0 Å². The summed E-state index contributed by atoms with van der Waals surface area (Å²) in [6.07, 6.45) is -60.8. The summed E-state index contributed by atoms with van der Waals surface area (Å²) in [5.41, 5.74) is 0. The van der Waals surface area contributed by atoms with Gasteiger partial charge in [0.15, 0.2) is 44.0 Å². The van der Waals surface area contributed by atoms with Crippen molar-refractivity contribution in [2.45, 2.75) is 242 Å². The van der Waals surface area contributed by atoms with Gasteiger partial charge in [0.1, 0.15) is 165 Å². The zero-order chi connectivity index (χ0) is 63.5. The fourth-order valence-corrected chi connectivity index (χ4v) is 11.0. The monoisotopic (exact) mass is 1260 g/mol. The fraction of sp³-hybridized carbons (Fsp3) is 0.938. The van der Waals surface area contributed by atoms with Crippen LogP contribution in [-0.2, 0) is 76.0 Å². The van der Waals surface area contributed by atoms with Gasteiger partial charge in [0.25, 0.3) is 0 Å². The van der Waals surface area contributed by atoms with Crippen molar-refractivity contribution in [2.24, 2.45) is 0 Å². The zero-order valence-electron chi connectivity index (χ0n) is 46.5. The van der Waals surface area contributed by atoms with Gasteiger partial charge in [0.2, 0.25) is 17.7 Å². The van der Waals surface area contributed by atoms with Crippen LogP contribution in [0.4, 0.5) is 0 Å². The lowest BCUT2D eigenvalue weighted by Gasteiger charge is -2.51. The summed E-state index contributed by atoms with van der Waals surface area (Å²) in [4.78, 5) is 37.6. The molecule has 7 rings (SSSR count). The molecule has 498 valence electrons. The molecule has 86 heavy (non-hydrogen) atoms. The largest absolute Gasteiger partial charge is 0.394 e. The van der Waals surface area contributed by atoms with Gasteiger partial charge in [-0.15, -0.1) is 0 Å². The van der Waals surface area contributed by atoms with Gasteiger partial charge in [-0.2, -0.15) is 0 Å². The lowest BCUT2D eigenvalue weighted by Crippen LogP contribution is -2.71. The van der Waals surface area contributed by atoms with E-state index in [1.54, 1.807) is 0 Å². The molecule has 7 heterocycles. The van der Waals surface area contributed by atoms with Gasteiger partial charge in [-0.1, -0.05) is 0 Å². The molecule has 35 atom stereocenters. The van der Waals surface area contributed by atoms with Crippen LogP contribution in [0.3, 0.4) is 0 Å². The van der Waals surface area contributed by atoms with E-state index in [-0.39, 0.29) is 0 Å². The van der Waals surface area contributed by atoms with E-state index >= 15 is 0 Å². The number of aliphatic hydroxyl groups is 19. The van der Waals surface area contributed by atoms with E-state index in [2.05, 4.69) is 16.0 Å². The Morgan fingerprint density at radius 1 is 0.326 bits per heavy atom. The number of amides is 3. The summed E-state index contributed by atoms with van der Waals surface area (Å²) in [6, 6.07) is -5.27. The molecule has 7 fully saturated rings. The van der Waals surface area contributed by atoms with Gasteiger partial charge in [-0.25, -0.2) is 0 Å². The van der Waals surface area contributed by atoms with Crippen LogP contribution in [0, 0.1) is 0 Å². The second-order valence-electron chi connectivity index (χ2n) is 21.8. The highest BCUT2D eigenvalue weighted by Gasteiger charge is 2.59. The lowest BCUT2D eigenvalue weighted by atomic mass is 9.93. The second-order valence-corrected chi connectivity index (χ2v) is 21.8. The van der Waals surface area contributed by atoms with Crippen LogP contribution in [0.25, 0.3) is 0 Å². The smallest absolute Gasteiger partial charge is 0.217 e. The van der Waals surface area contributed by atoms with Crippen molar-refractivity contribution in [3.8, 4) is 0 Å². The number of carbonyl (C=O) groups excluding carboxylic acids is 3. The highest BCUT2D eigenvalue weighted by atomic mass is 16.8. The summed E-state index contributed by atoms with van der Waals surface area (Å²) in [5.74, 6) is -2.51. The molecular weight excluding hydrogens is 1180 g/mol. The molecule has 0 bridgehead atoms. The maximum Gasteiger partial charge on any atom is 0.217 e. The molecule has 22 N–H and O–H groups in total. The molecule has 7 aliphatic heterocycles. The van der Waals surface area contributed by atoms with E-state index in [1.807, 2.05) is 0 Å². The molecule has 7 saturated heterocycles. The number of nitrogens with one attached hydrogen (secondary N) is 3. The summed E-state index contributed by atoms with van der Waals surface area (Å²) in [5, 5.41) is 214. The zero-order valence-corrected chi connectivity index (χ0v) is 46.5. The van der Waals surface area contributed by atoms with E-state index < -0.39 is 272 Å². The highest BCUT2D eigenvalue weighted by molar-refractivity contribution is 5.74. The van der Waals surface area contributed by atoms with E-state index in [4.69, 9.17) is 61.6 Å². The highest BCUT2D eigenvalue weighted by Crippen LogP contribution is 2.38. The molecule has 1 unspecified atom stereocenters. The van der Waals surface area contributed by atoms with Crippen molar-refractivity contribution < 1.29 is 173 Å². The Hall–Kier alpha value is -2.87. The third-order valence-electron chi connectivity index (χ3n) is 15.7. The molecule has 0 aromatic carbocycles. The van der Waals surface area contributed by atoms with Crippen LogP contribution >= 0.6 is 0 Å². The Kier molecular flexibility index (Phi) is 25.0. The molecule has 0 radical (unpaired) electrons. The summed E-state index contributed by atoms with van der Waals surface area (Å²) in [7, 11) is 0. The molecular formula is C48H81N3O35. The maximum absolute atomic E-state index is 12.8. The van der Waals surface area contributed by atoms with Crippen LogP contribution in [0.5, 0.6) is 0 Å². The maximum atomic E-state index is 12.8. The van der Waals surface area contributed by atoms with Gasteiger partial charge in [0.05, 0.1) is 45.7 Å². The van der Waals surface area contributed by atoms with E-state index in [9.17, 15) is 111 Å². The van der Waals surface area contributed by atoms with E-state index in [1.165, 1.54) is 6.92 Å². The van der Waals surface area contributed by atoms with Gasteiger partial charge >= 0.3 is 0 Å². The minimum absolute atomic E-state index is 0.749. The van der Waals surface area contributed by atoms with Crippen LogP contribution in [0.15, 0.2) is 0 Å². The molecule has 7 aliphatic rings. The average molecular weight is 1260 g/mol. The quantitative estimate of drug-likeness (QED) is 0.0507. The fourth-order valence-electron chi connectivity index (χ4n) is 11.0. The first-order valence-corrected chi connectivity index (χ1v) is 27.5. The van der Waals surface area contributed by atoms with E-state index in [0.29, 0.717) is 0 Å². The number of hydrogen-bond donors (Lipinski definition) is 22. The molecule has 38 nitrogen and oxygen atoms in total. The third-order valence-corrected chi connectivity index (χ3v) is 15.7. The molecule has 3 amide bonds. The van der Waals surface area contributed by atoms with Crippen molar-refractivity contribution in [2.75, 3.05) is 39.6 Å².